The van der Waals surface area contributed by atoms with Crippen LogP contribution in [0.4, 0.5) is 0 Å². The molecular weight excluding hydrogens is 238 g/mol. The molecule has 17 heavy (non-hydrogen) atoms. The van der Waals surface area contributed by atoms with Gasteiger partial charge in [-0.25, -0.2) is 4.99 Å². The second-order valence-electron chi connectivity index (χ2n) is 3.83. The predicted molar refractivity (Wildman–Crippen MR) is 67.1 cm³/mol. The van der Waals surface area contributed by atoms with Crippen LogP contribution in [0.25, 0.3) is 10.9 Å². The Morgan fingerprint density at radius 1 is 1.35 bits per heavy atom. The summed E-state index contributed by atoms with van der Waals surface area (Å²) in [6, 6.07) is 7.72. The van der Waals surface area contributed by atoms with E-state index in [4.69, 9.17) is 22.1 Å². The maximum Gasteiger partial charge on any atom is 0.282 e. The third-order valence-corrected chi connectivity index (χ3v) is 3.11. The standard InChI is InChI=1S/C12H10ClN3O/c13-9-4-3-8(10-6-17-12(14)16-10)11-7(9)2-1-5-15-11/h1-5,10H,6H2,(H2,14,16). The van der Waals surface area contributed by atoms with Crippen molar-refractivity contribution in [1.29, 1.82) is 0 Å². The summed E-state index contributed by atoms with van der Waals surface area (Å²) in [7, 11) is 0. The van der Waals surface area contributed by atoms with E-state index in [2.05, 4.69) is 9.98 Å². The number of aromatic nitrogens is 1. The van der Waals surface area contributed by atoms with Gasteiger partial charge in [0.25, 0.3) is 6.02 Å². The van der Waals surface area contributed by atoms with Gasteiger partial charge in [-0.3, -0.25) is 4.98 Å². The number of ether oxygens (including phenoxy) is 1. The Morgan fingerprint density at radius 3 is 3.00 bits per heavy atom. The fourth-order valence-corrected chi connectivity index (χ4v) is 2.20. The summed E-state index contributed by atoms with van der Waals surface area (Å²) in [6.07, 6.45) is 1.74. The molecule has 86 valence electrons. The molecule has 1 aromatic carbocycles. The molecule has 0 saturated carbocycles. The molecule has 1 aromatic heterocycles. The molecule has 2 N–H and O–H groups in total. The van der Waals surface area contributed by atoms with Crippen molar-refractivity contribution in [2.45, 2.75) is 6.04 Å². The van der Waals surface area contributed by atoms with Crippen LogP contribution in [-0.2, 0) is 4.74 Å². The van der Waals surface area contributed by atoms with E-state index < -0.39 is 0 Å². The number of hydrogen-bond donors (Lipinski definition) is 1. The van der Waals surface area contributed by atoms with Crippen LogP contribution in [0.3, 0.4) is 0 Å². The van der Waals surface area contributed by atoms with Gasteiger partial charge >= 0.3 is 0 Å². The molecular formula is C12H10ClN3O. The first-order valence-electron chi connectivity index (χ1n) is 5.25. The lowest BCUT2D eigenvalue weighted by Gasteiger charge is -2.09. The molecule has 5 heteroatoms. The molecule has 3 rings (SSSR count). The molecule has 2 aromatic rings. The lowest BCUT2D eigenvalue weighted by atomic mass is 10.0. The molecule has 4 nitrogen and oxygen atoms in total. The second kappa shape index (κ2) is 3.89. The first-order chi connectivity index (χ1) is 8.25. The van der Waals surface area contributed by atoms with E-state index in [1.165, 1.54) is 0 Å². The summed E-state index contributed by atoms with van der Waals surface area (Å²) >= 11 is 6.13. The number of rotatable bonds is 1. The highest BCUT2D eigenvalue weighted by Crippen LogP contribution is 2.31. The Balaban J connectivity index is 2.21. The number of nitrogens with zero attached hydrogens (tertiary/aromatic N) is 2. The summed E-state index contributed by atoms with van der Waals surface area (Å²) in [6.45, 7) is 0.457. The Bertz CT molecular complexity index is 612. The normalized spacial score (nSPS) is 19.1. The van der Waals surface area contributed by atoms with Gasteiger partial charge in [0.15, 0.2) is 0 Å². The van der Waals surface area contributed by atoms with Crippen molar-refractivity contribution >= 4 is 28.5 Å². The van der Waals surface area contributed by atoms with Gasteiger partial charge in [-0.15, -0.1) is 0 Å². The number of hydrogen-bond acceptors (Lipinski definition) is 4. The van der Waals surface area contributed by atoms with Gasteiger partial charge < -0.3 is 10.5 Å². The van der Waals surface area contributed by atoms with Crippen molar-refractivity contribution in [2.75, 3.05) is 6.61 Å². The van der Waals surface area contributed by atoms with Crippen molar-refractivity contribution < 1.29 is 4.74 Å². The number of benzene rings is 1. The van der Waals surface area contributed by atoms with Gasteiger partial charge in [0.05, 0.1) is 5.52 Å². The number of halogens is 1. The van der Waals surface area contributed by atoms with E-state index >= 15 is 0 Å². The molecule has 0 fully saturated rings. The van der Waals surface area contributed by atoms with Crippen molar-refractivity contribution in [3.8, 4) is 0 Å². The van der Waals surface area contributed by atoms with Crippen LogP contribution >= 0.6 is 11.6 Å². The second-order valence-corrected chi connectivity index (χ2v) is 4.24. The van der Waals surface area contributed by atoms with E-state index in [1.807, 2.05) is 24.3 Å². The molecule has 0 spiro atoms. The van der Waals surface area contributed by atoms with Gasteiger partial charge in [0.1, 0.15) is 12.6 Å². The molecule has 0 aliphatic carbocycles. The molecule has 0 amide bonds. The lowest BCUT2D eigenvalue weighted by Crippen LogP contribution is -2.10. The fraction of sp³-hybridized carbons (Fsp3) is 0.167. The van der Waals surface area contributed by atoms with Gasteiger partial charge in [-0.1, -0.05) is 17.7 Å². The highest BCUT2D eigenvalue weighted by atomic mass is 35.5. The number of amidine groups is 1. The van der Waals surface area contributed by atoms with Crippen LogP contribution in [0.2, 0.25) is 5.02 Å². The van der Waals surface area contributed by atoms with Crippen molar-refractivity contribution in [1.82, 2.24) is 4.98 Å². The molecule has 1 atom stereocenters. The highest BCUT2D eigenvalue weighted by molar-refractivity contribution is 6.35. The van der Waals surface area contributed by atoms with E-state index in [0.717, 1.165) is 16.5 Å². The van der Waals surface area contributed by atoms with Crippen LogP contribution in [0.1, 0.15) is 11.6 Å². The van der Waals surface area contributed by atoms with Crippen molar-refractivity contribution in [2.24, 2.45) is 10.7 Å². The number of nitrogens with two attached hydrogens (primary N) is 1. The number of aliphatic imine (C=N–C) groups is 1. The summed E-state index contributed by atoms with van der Waals surface area (Å²) < 4.78 is 5.17. The SMILES string of the molecule is NC1=NC(c2ccc(Cl)c3cccnc23)CO1. The van der Waals surface area contributed by atoms with Crippen molar-refractivity contribution in [3.63, 3.8) is 0 Å². The maximum atomic E-state index is 6.13. The van der Waals surface area contributed by atoms with Gasteiger partial charge in [0, 0.05) is 22.2 Å². The van der Waals surface area contributed by atoms with Gasteiger partial charge in [-0.2, -0.15) is 0 Å². The van der Waals surface area contributed by atoms with Crippen LogP contribution in [0, 0.1) is 0 Å². The number of pyridine rings is 1. The maximum absolute atomic E-state index is 6.13. The largest absolute Gasteiger partial charge is 0.463 e. The summed E-state index contributed by atoms with van der Waals surface area (Å²) in [5.74, 6) is 0. The predicted octanol–water partition coefficient (Wildman–Crippen LogP) is 2.27. The third-order valence-electron chi connectivity index (χ3n) is 2.78. The van der Waals surface area contributed by atoms with E-state index in [0.29, 0.717) is 11.6 Å². The quantitative estimate of drug-likeness (QED) is 0.841. The monoisotopic (exact) mass is 247 g/mol. The summed E-state index contributed by atoms with van der Waals surface area (Å²) in [5, 5.41) is 1.61. The minimum atomic E-state index is -0.0929. The Morgan fingerprint density at radius 2 is 2.24 bits per heavy atom. The molecule has 0 bridgehead atoms. The minimum Gasteiger partial charge on any atom is -0.463 e. The average molecular weight is 248 g/mol. The van der Waals surface area contributed by atoms with Gasteiger partial charge in [0.2, 0.25) is 0 Å². The van der Waals surface area contributed by atoms with Crippen LogP contribution in [0.5, 0.6) is 0 Å². The zero-order valence-electron chi connectivity index (χ0n) is 8.93. The average Bonchev–Trinajstić information content (AvgIpc) is 2.77. The number of fused-ring (bicyclic) bond motifs is 1. The zero-order valence-corrected chi connectivity index (χ0v) is 9.69. The Hall–Kier alpha value is -1.81. The topological polar surface area (TPSA) is 60.5 Å². The summed E-state index contributed by atoms with van der Waals surface area (Å²) in [4.78, 5) is 8.59. The smallest absolute Gasteiger partial charge is 0.282 e. The summed E-state index contributed by atoms with van der Waals surface area (Å²) in [5.41, 5.74) is 7.36. The van der Waals surface area contributed by atoms with E-state index in [-0.39, 0.29) is 12.1 Å². The molecule has 1 unspecified atom stereocenters. The Labute approximate surface area is 103 Å². The third kappa shape index (κ3) is 1.70. The molecule has 0 radical (unpaired) electrons. The minimum absolute atomic E-state index is 0.0929. The molecule has 1 aliphatic heterocycles. The Kier molecular flexibility index (Phi) is 2.37. The van der Waals surface area contributed by atoms with E-state index in [1.54, 1.807) is 6.20 Å². The molecule has 2 heterocycles. The zero-order chi connectivity index (χ0) is 11.8. The first kappa shape index (κ1) is 10.4. The van der Waals surface area contributed by atoms with Crippen LogP contribution in [-0.4, -0.2) is 17.6 Å². The van der Waals surface area contributed by atoms with E-state index in [9.17, 15) is 0 Å². The van der Waals surface area contributed by atoms with Crippen molar-refractivity contribution in [3.05, 3.63) is 41.0 Å². The lowest BCUT2D eigenvalue weighted by molar-refractivity contribution is 0.315. The highest BCUT2D eigenvalue weighted by Gasteiger charge is 2.21. The molecule has 1 aliphatic rings. The first-order valence-corrected chi connectivity index (χ1v) is 5.62. The van der Waals surface area contributed by atoms with Crippen LogP contribution < -0.4 is 5.73 Å². The molecule has 0 saturated heterocycles. The fourth-order valence-electron chi connectivity index (χ4n) is 1.98. The van der Waals surface area contributed by atoms with Crippen LogP contribution in [0.15, 0.2) is 35.5 Å². The van der Waals surface area contributed by atoms with Gasteiger partial charge in [-0.05, 0) is 18.2 Å².